The van der Waals surface area contributed by atoms with Gasteiger partial charge in [-0.1, -0.05) is 29.8 Å². The summed E-state index contributed by atoms with van der Waals surface area (Å²) in [4.78, 5) is 12.2. The molecule has 0 aliphatic heterocycles. The highest BCUT2D eigenvalue weighted by Crippen LogP contribution is 2.19. The summed E-state index contributed by atoms with van der Waals surface area (Å²) in [5.41, 5.74) is 7.10. The molecule has 0 aromatic heterocycles. The van der Waals surface area contributed by atoms with Gasteiger partial charge in [0, 0.05) is 16.6 Å². The number of nitrogens with one attached hydrogen (secondary N) is 1. The van der Waals surface area contributed by atoms with E-state index in [1.54, 1.807) is 0 Å². The maximum Gasteiger partial charge on any atom is 0.251 e. The summed E-state index contributed by atoms with van der Waals surface area (Å²) in [7, 11) is 0. The largest absolute Gasteiger partial charge is 0.345 e. The van der Waals surface area contributed by atoms with Crippen LogP contribution in [0.2, 0.25) is 0 Å². The Kier molecular flexibility index (Phi) is 4.93. The van der Waals surface area contributed by atoms with Crippen molar-refractivity contribution in [3.05, 3.63) is 33.8 Å². The molecule has 0 radical (unpaired) electrons. The highest BCUT2D eigenvalue weighted by atomic mass is 79.9. The molecule has 0 heterocycles. The SMILES string of the molecule is Cc1cc(C(=O)NC(C)(CN)C(C)C)ccc1Br. The van der Waals surface area contributed by atoms with Crippen molar-refractivity contribution in [1.29, 1.82) is 0 Å². The summed E-state index contributed by atoms with van der Waals surface area (Å²) < 4.78 is 1.00. The summed E-state index contributed by atoms with van der Waals surface area (Å²) in [6.45, 7) is 8.47. The molecule has 3 nitrogen and oxygen atoms in total. The lowest BCUT2D eigenvalue weighted by Gasteiger charge is -2.33. The topological polar surface area (TPSA) is 55.1 Å². The molecule has 18 heavy (non-hydrogen) atoms. The highest BCUT2D eigenvalue weighted by Gasteiger charge is 2.28. The number of carbonyl (C=O) groups is 1. The van der Waals surface area contributed by atoms with Gasteiger partial charge in [0.15, 0.2) is 0 Å². The predicted octanol–water partition coefficient (Wildman–Crippen LogP) is 2.86. The van der Waals surface area contributed by atoms with E-state index in [0.29, 0.717) is 12.1 Å². The summed E-state index contributed by atoms with van der Waals surface area (Å²) in [6, 6.07) is 5.57. The molecule has 1 aromatic carbocycles. The number of hydrogen-bond donors (Lipinski definition) is 2. The molecule has 1 amide bonds. The molecule has 100 valence electrons. The lowest BCUT2D eigenvalue weighted by molar-refractivity contribution is 0.0883. The fraction of sp³-hybridized carbons (Fsp3) is 0.500. The monoisotopic (exact) mass is 312 g/mol. The van der Waals surface area contributed by atoms with Crippen LogP contribution in [0.15, 0.2) is 22.7 Å². The Balaban J connectivity index is 2.91. The third-order valence-corrected chi connectivity index (χ3v) is 4.41. The molecule has 1 atom stereocenters. The van der Waals surface area contributed by atoms with Crippen molar-refractivity contribution in [2.24, 2.45) is 11.7 Å². The number of amides is 1. The van der Waals surface area contributed by atoms with Crippen LogP contribution in [-0.2, 0) is 0 Å². The fourth-order valence-electron chi connectivity index (χ4n) is 1.55. The average molecular weight is 313 g/mol. The van der Waals surface area contributed by atoms with Crippen LogP contribution < -0.4 is 11.1 Å². The van der Waals surface area contributed by atoms with Gasteiger partial charge < -0.3 is 11.1 Å². The standard InChI is InChI=1S/C14H21BrN2O/c1-9(2)14(4,8-16)17-13(18)11-5-6-12(15)10(3)7-11/h5-7,9H,8,16H2,1-4H3,(H,17,18). The molecule has 3 N–H and O–H groups in total. The molecular formula is C14H21BrN2O. The van der Waals surface area contributed by atoms with Gasteiger partial charge in [0.25, 0.3) is 5.91 Å². The second kappa shape index (κ2) is 5.85. The Morgan fingerprint density at radius 2 is 2.11 bits per heavy atom. The zero-order valence-electron chi connectivity index (χ0n) is 11.4. The van der Waals surface area contributed by atoms with Crippen LogP contribution in [-0.4, -0.2) is 18.0 Å². The molecule has 1 aromatic rings. The van der Waals surface area contributed by atoms with Gasteiger partial charge >= 0.3 is 0 Å². The van der Waals surface area contributed by atoms with Crippen molar-refractivity contribution < 1.29 is 4.79 Å². The number of carbonyl (C=O) groups excluding carboxylic acids is 1. The minimum absolute atomic E-state index is 0.0766. The summed E-state index contributed by atoms with van der Waals surface area (Å²) in [5, 5.41) is 3.03. The molecule has 1 rings (SSSR count). The third kappa shape index (κ3) is 3.33. The lowest BCUT2D eigenvalue weighted by atomic mass is 9.88. The van der Waals surface area contributed by atoms with Crippen LogP contribution in [0.4, 0.5) is 0 Å². The molecule has 0 saturated carbocycles. The normalized spacial score (nSPS) is 14.4. The maximum atomic E-state index is 12.2. The van der Waals surface area contributed by atoms with Crippen LogP contribution in [0, 0.1) is 12.8 Å². The predicted molar refractivity (Wildman–Crippen MR) is 78.6 cm³/mol. The molecule has 4 heteroatoms. The van der Waals surface area contributed by atoms with Gasteiger partial charge in [-0.3, -0.25) is 4.79 Å². The molecule has 0 saturated heterocycles. The second-order valence-electron chi connectivity index (χ2n) is 5.19. The average Bonchev–Trinajstić information content (AvgIpc) is 2.32. The van der Waals surface area contributed by atoms with E-state index in [-0.39, 0.29) is 17.4 Å². The van der Waals surface area contributed by atoms with Crippen molar-refractivity contribution in [2.45, 2.75) is 33.2 Å². The molecule has 1 unspecified atom stereocenters. The molecule has 0 aliphatic rings. The van der Waals surface area contributed by atoms with Crippen LogP contribution in [0.25, 0.3) is 0 Å². The van der Waals surface area contributed by atoms with Crippen LogP contribution >= 0.6 is 15.9 Å². The summed E-state index contributed by atoms with van der Waals surface area (Å²) >= 11 is 3.43. The van der Waals surface area contributed by atoms with Gasteiger partial charge in [0.05, 0.1) is 5.54 Å². The molecule has 0 spiro atoms. The van der Waals surface area contributed by atoms with Crippen molar-refractivity contribution in [2.75, 3.05) is 6.54 Å². The van der Waals surface area contributed by atoms with Crippen LogP contribution in [0.1, 0.15) is 36.7 Å². The smallest absolute Gasteiger partial charge is 0.251 e. The van der Waals surface area contributed by atoms with Gasteiger partial charge in [0.2, 0.25) is 0 Å². The zero-order valence-corrected chi connectivity index (χ0v) is 13.0. The van der Waals surface area contributed by atoms with E-state index in [4.69, 9.17) is 5.73 Å². The Hall–Kier alpha value is -0.870. The first kappa shape index (κ1) is 15.2. The Morgan fingerprint density at radius 3 is 2.56 bits per heavy atom. The number of aryl methyl sites for hydroxylation is 1. The van der Waals surface area contributed by atoms with E-state index < -0.39 is 0 Å². The van der Waals surface area contributed by atoms with Gasteiger partial charge in [0.1, 0.15) is 0 Å². The van der Waals surface area contributed by atoms with E-state index in [9.17, 15) is 4.79 Å². The third-order valence-electron chi connectivity index (χ3n) is 3.52. The minimum atomic E-state index is -0.377. The molecule has 0 aliphatic carbocycles. The van der Waals surface area contributed by atoms with E-state index >= 15 is 0 Å². The first-order valence-electron chi connectivity index (χ1n) is 6.09. The van der Waals surface area contributed by atoms with E-state index in [2.05, 4.69) is 35.1 Å². The second-order valence-corrected chi connectivity index (χ2v) is 6.05. The van der Waals surface area contributed by atoms with Gasteiger partial charge in [-0.25, -0.2) is 0 Å². The molecule has 0 fully saturated rings. The maximum absolute atomic E-state index is 12.2. The zero-order chi connectivity index (χ0) is 13.9. The highest BCUT2D eigenvalue weighted by molar-refractivity contribution is 9.10. The number of rotatable bonds is 4. The quantitative estimate of drug-likeness (QED) is 0.898. The van der Waals surface area contributed by atoms with Gasteiger partial charge in [-0.2, -0.15) is 0 Å². The van der Waals surface area contributed by atoms with Crippen molar-refractivity contribution in [3.8, 4) is 0 Å². The van der Waals surface area contributed by atoms with Crippen molar-refractivity contribution in [3.63, 3.8) is 0 Å². The molecular weight excluding hydrogens is 292 g/mol. The lowest BCUT2D eigenvalue weighted by Crippen LogP contribution is -2.55. The van der Waals surface area contributed by atoms with Crippen molar-refractivity contribution in [1.82, 2.24) is 5.32 Å². The molecule has 0 bridgehead atoms. The van der Waals surface area contributed by atoms with E-state index in [1.165, 1.54) is 0 Å². The first-order chi connectivity index (χ1) is 8.30. The number of halogens is 1. The number of hydrogen-bond acceptors (Lipinski definition) is 2. The van der Waals surface area contributed by atoms with Gasteiger partial charge in [-0.15, -0.1) is 0 Å². The number of benzene rings is 1. The van der Waals surface area contributed by atoms with Crippen LogP contribution in [0.3, 0.4) is 0 Å². The van der Waals surface area contributed by atoms with E-state index in [0.717, 1.165) is 10.0 Å². The summed E-state index contributed by atoms with van der Waals surface area (Å²) in [5.74, 6) is 0.204. The first-order valence-corrected chi connectivity index (χ1v) is 6.88. The Labute approximate surface area is 117 Å². The minimum Gasteiger partial charge on any atom is -0.345 e. The Bertz CT molecular complexity index is 445. The summed E-state index contributed by atoms with van der Waals surface area (Å²) in [6.07, 6.45) is 0. The number of nitrogens with two attached hydrogens (primary N) is 1. The fourth-order valence-corrected chi connectivity index (χ4v) is 1.80. The van der Waals surface area contributed by atoms with Gasteiger partial charge in [-0.05, 0) is 43.5 Å². The van der Waals surface area contributed by atoms with Crippen molar-refractivity contribution >= 4 is 21.8 Å². The van der Waals surface area contributed by atoms with E-state index in [1.807, 2.05) is 32.0 Å². The Morgan fingerprint density at radius 1 is 1.50 bits per heavy atom. The van der Waals surface area contributed by atoms with Crippen LogP contribution in [0.5, 0.6) is 0 Å².